The number of aliphatic hydroxyl groups excluding tert-OH is 1. The van der Waals surface area contributed by atoms with Gasteiger partial charge in [0.1, 0.15) is 0 Å². The standard InChI is InChI=1S/C15H21NO/c17-15(10-16-12-8-9-12)14-7-2-1-6-13(14)11-4-3-5-11/h1-2,6-7,11-12,15-17H,3-5,8-10H2. The Hall–Kier alpha value is -0.860. The van der Waals surface area contributed by atoms with Crippen LogP contribution < -0.4 is 5.32 Å². The van der Waals surface area contributed by atoms with Crippen LogP contribution in [-0.2, 0) is 0 Å². The Kier molecular flexibility index (Phi) is 3.17. The molecule has 0 radical (unpaired) electrons. The largest absolute Gasteiger partial charge is 0.387 e. The molecule has 1 atom stereocenters. The van der Waals surface area contributed by atoms with Crippen LogP contribution in [0.15, 0.2) is 24.3 Å². The minimum Gasteiger partial charge on any atom is -0.387 e. The van der Waals surface area contributed by atoms with Crippen LogP contribution in [0.25, 0.3) is 0 Å². The molecule has 3 rings (SSSR count). The van der Waals surface area contributed by atoms with Crippen molar-refractivity contribution >= 4 is 0 Å². The first-order chi connectivity index (χ1) is 8.34. The van der Waals surface area contributed by atoms with Gasteiger partial charge in [-0.15, -0.1) is 0 Å². The third kappa shape index (κ3) is 2.53. The van der Waals surface area contributed by atoms with Crippen molar-refractivity contribution < 1.29 is 5.11 Å². The molecular formula is C15H21NO. The summed E-state index contributed by atoms with van der Waals surface area (Å²) in [6, 6.07) is 9.09. The average Bonchev–Trinajstić information content (AvgIpc) is 3.08. The molecular weight excluding hydrogens is 210 g/mol. The lowest BCUT2D eigenvalue weighted by Crippen LogP contribution is -2.24. The Balaban J connectivity index is 1.70. The molecule has 2 nitrogen and oxygen atoms in total. The highest BCUT2D eigenvalue weighted by molar-refractivity contribution is 5.33. The summed E-state index contributed by atoms with van der Waals surface area (Å²) in [5.41, 5.74) is 2.52. The Morgan fingerprint density at radius 3 is 2.59 bits per heavy atom. The van der Waals surface area contributed by atoms with E-state index in [0.29, 0.717) is 18.5 Å². The number of rotatable bonds is 5. The van der Waals surface area contributed by atoms with E-state index in [1.54, 1.807) is 0 Å². The monoisotopic (exact) mass is 231 g/mol. The first kappa shape index (κ1) is 11.2. The molecule has 2 N–H and O–H groups in total. The predicted molar refractivity (Wildman–Crippen MR) is 69.0 cm³/mol. The van der Waals surface area contributed by atoms with Crippen molar-refractivity contribution in [2.24, 2.45) is 0 Å². The number of benzene rings is 1. The van der Waals surface area contributed by atoms with Crippen molar-refractivity contribution in [2.75, 3.05) is 6.54 Å². The maximum Gasteiger partial charge on any atom is 0.0917 e. The van der Waals surface area contributed by atoms with Gasteiger partial charge in [0.15, 0.2) is 0 Å². The first-order valence-electron chi connectivity index (χ1n) is 6.85. The molecule has 2 aliphatic carbocycles. The summed E-state index contributed by atoms with van der Waals surface area (Å²) in [6.45, 7) is 0.703. The van der Waals surface area contributed by atoms with E-state index in [-0.39, 0.29) is 6.10 Å². The minimum absolute atomic E-state index is 0.340. The van der Waals surface area contributed by atoms with Gasteiger partial charge in [-0.2, -0.15) is 0 Å². The highest BCUT2D eigenvalue weighted by atomic mass is 16.3. The first-order valence-corrected chi connectivity index (χ1v) is 6.85. The van der Waals surface area contributed by atoms with Crippen molar-refractivity contribution in [3.63, 3.8) is 0 Å². The maximum absolute atomic E-state index is 10.3. The zero-order valence-corrected chi connectivity index (χ0v) is 10.2. The quantitative estimate of drug-likeness (QED) is 0.816. The van der Waals surface area contributed by atoms with Gasteiger partial charge in [0.05, 0.1) is 6.10 Å². The molecule has 2 heteroatoms. The van der Waals surface area contributed by atoms with Gasteiger partial charge < -0.3 is 10.4 Å². The maximum atomic E-state index is 10.3. The minimum atomic E-state index is -0.340. The van der Waals surface area contributed by atoms with Crippen LogP contribution in [0.5, 0.6) is 0 Å². The second-order valence-electron chi connectivity index (χ2n) is 5.46. The molecule has 1 aromatic rings. The van der Waals surface area contributed by atoms with Crippen molar-refractivity contribution in [1.82, 2.24) is 5.32 Å². The lowest BCUT2D eigenvalue weighted by Gasteiger charge is -2.29. The van der Waals surface area contributed by atoms with Gasteiger partial charge in [-0.05, 0) is 42.7 Å². The average molecular weight is 231 g/mol. The number of aliphatic hydroxyl groups is 1. The van der Waals surface area contributed by atoms with Crippen LogP contribution in [0, 0.1) is 0 Å². The van der Waals surface area contributed by atoms with Gasteiger partial charge in [0.25, 0.3) is 0 Å². The van der Waals surface area contributed by atoms with Gasteiger partial charge in [0, 0.05) is 12.6 Å². The Morgan fingerprint density at radius 1 is 1.18 bits per heavy atom. The van der Waals surface area contributed by atoms with Crippen LogP contribution >= 0.6 is 0 Å². The SMILES string of the molecule is OC(CNC1CC1)c1ccccc1C1CCC1. The van der Waals surface area contributed by atoms with E-state index in [2.05, 4.69) is 23.5 Å². The molecule has 2 saturated carbocycles. The van der Waals surface area contributed by atoms with Crippen LogP contribution in [-0.4, -0.2) is 17.7 Å². The molecule has 0 heterocycles. The lowest BCUT2D eigenvalue weighted by atomic mass is 9.77. The van der Waals surface area contributed by atoms with E-state index >= 15 is 0 Å². The Bertz CT molecular complexity index is 382. The van der Waals surface area contributed by atoms with Gasteiger partial charge in [-0.25, -0.2) is 0 Å². The fraction of sp³-hybridized carbons (Fsp3) is 0.600. The molecule has 17 heavy (non-hydrogen) atoms. The van der Waals surface area contributed by atoms with E-state index in [1.165, 1.54) is 37.7 Å². The highest BCUT2D eigenvalue weighted by Crippen LogP contribution is 2.39. The Morgan fingerprint density at radius 2 is 1.94 bits per heavy atom. The van der Waals surface area contributed by atoms with E-state index in [0.717, 1.165) is 5.56 Å². The van der Waals surface area contributed by atoms with Gasteiger partial charge in [0.2, 0.25) is 0 Å². The zero-order chi connectivity index (χ0) is 11.7. The molecule has 0 spiro atoms. The van der Waals surface area contributed by atoms with Crippen LogP contribution in [0.2, 0.25) is 0 Å². The fourth-order valence-electron chi connectivity index (χ4n) is 2.58. The van der Waals surface area contributed by atoms with Crippen LogP contribution in [0.1, 0.15) is 55.3 Å². The summed E-state index contributed by atoms with van der Waals surface area (Å²) >= 11 is 0. The normalized spacial score (nSPS) is 22.2. The summed E-state index contributed by atoms with van der Waals surface area (Å²) in [6.07, 6.45) is 6.13. The predicted octanol–water partition coefficient (Wildman–Crippen LogP) is 2.74. The molecule has 1 unspecified atom stereocenters. The smallest absolute Gasteiger partial charge is 0.0917 e. The molecule has 0 bridgehead atoms. The third-order valence-electron chi connectivity index (χ3n) is 4.08. The summed E-state index contributed by atoms with van der Waals surface area (Å²) in [5, 5.41) is 13.7. The van der Waals surface area contributed by atoms with Crippen molar-refractivity contribution in [2.45, 2.75) is 50.2 Å². The van der Waals surface area contributed by atoms with E-state index in [4.69, 9.17) is 0 Å². The van der Waals surface area contributed by atoms with Gasteiger partial charge in [-0.3, -0.25) is 0 Å². The number of nitrogens with one attached hydrogen (secondary N) is 1. The molecule has 1 aromatic carbocycles. The molecule has 2 fully saturated rings. The highest BCUT2D eigenvalue weighted by Gasteiger charge is 2.26. The topological polar surface area (TPSA) is 32.3 Å². The van der Waals surface area contributed by atoms with E-state index < -0.39 is 0 Å². The van der Waals surface area contributed by atoms with E-state index in [9.17, 15) is 5.11 Å². The summed E-state index contributed by atoms with van der Waals surface area (Å²) in [7, 11) is 0. The molecule has 2 aliphatic rings. The molecule has 0 saturated heterocycles. The Labute approximate surface area is 103 Å². The molecule has 92 valence electrons. The molecule has 0 aliphatic heterocycles. The fourth-order valence-corrected chi connectivity index (χ4v) is 2.58. The van der Waals surface area contributed by atoms with Crippen LogP contribution in [0.4, 0.5) is 0 Å². The third-order valence-corrected chi connectivity index (χ3v) is 4.08. The molecule has 0 amide bonds. The summed E-state index contributed by atoms with van der Waals surface area (Å²) in [5.74, 6) is 0.696. The number of hydrogen-bond donors (Lipinski definition) is 2. The second-order valence-corrected chi connectivity index (χ2v) is 5.46. The zero-order valence-electron chi connectivity index (χ0n) is 10.2. The summed E-state index contributed by atoms with van der Waals surface area (Å²) in [4.78, 5) is 0. The summed E-state index contributed by atoms with van der Waals surface area (Å²) < 4.78 is 0. The van der Waals surface area contributed by atoms with Crippen molar-refractivity contribution in [3.05, 3.63) is 35.4 Å². The second kappa shape index (κ2) is 4.79. The van der Waals surface area contributed by atoms with Crippen molar-refractivity contribution in [3.8, 4) is 0 Å². The van der Waals surface area contributed by atoms with Crippen molar-refractivity contribution in [1.29, 1.82) is 0 Å². The van der Waals surface area contributed by atoms with Gasteiger partial charge >= 0.3 is 0 Å². The van der Waals surface area contributed by atoms with Crippen LogP contribution in [0.3, 0.4) is 0 Å². The molecule has 0 aromatic heterocycles. The number of hydrogen-bond acceptors (Lipinski definition) is 2. The lowest BCUT2D eigenvalue weighted by molar-refractivity contribution is 0.171. The van der Waals surface area contributed by atoms with Gasteiger partial charge in [-0.1, -0.05) is 30.7 Å². The van der Waals surface area contributed by atoms with E-state index in [1.807, 2.05) is 6.07 Å².